The Hall–Kier alpha value is -1.91. The largest absolute Gasteiger partial charge is 0.394 e. The first kappa shape index (κ1) is 58.1. The van der Waals surface area contributed by atoms with Gasteiger partial charge >= 0.3 is 0 Å². The van der Waals surface area contributed by atoms with Crippen LogP contribution in [0.1, 0.15) is 271 Å². The average Bonchev–Trinajstić information content (AvgIpc) is 3.25. The van der Waals surface area contributed by atoms with Gasteiger partial charge < -0.3 is 15.5 Å². The first-order valence-corrected chi connectivity index (χ1v) is 26.5. The Balaban J connectivity index is 3.49. The maximum atomic E-state index is 12.5. The van der Waals surface area contributed by atoms with E-state index >= 15 is 0 Å². The van der Waals surface area contributed by atoms with Gasteiger partial charge in [0, 0.05) is 6.42 Å². The van der Waals surface area contributed by atoms with Crippen LogP contribution in [-0.4, -0.2) is 34.9 Å². The molecule has 4 nitrogen and oxygen atoms in total. The Morgan fingerprint density at radius 1 is 0.417 bits per heavy atom. The quantitative estimate of drug-likeness (QED) is 0.0422. The van der Waals surface area contributed by atoms with Crippen LogP contribution in [0.25, 0.3) is 0 Å². The van der Waals surface area contributed by atoms with Gasteiger partial charge in [0.2, 0.25) is 5.91 Å². The molecule has 0 bridgehead atoms. The summed E-state index contributed by atoms with van der Waals surface area (Å²) in [7, 11) is 0. The molecule has 4 heteroatoms. The Morgan fingerprint density at radius 3 is 1.10 bits per heavy atom. The second-order valence-electron chi connectivity index (χ2n) is 17.9. The number of allylic oxidation sites excluding steroid dienone is 10. The third-order valence-electron chi connectivity index (χ3n) is 12.0. The summed E-state index contributed by atoms with van der Waals surface area (Å²) in [5.74, 6) is -0.0320. The number of hydrogen-bond acceptors (Lipinski definition) is 3. The minimum atomic E-state index is -0.662. The summed E-state index contributed by atoms with van der Waals surface area (Å²) in [6.07, 6.45) is 71.9. The Bertz CT molecular complexity index is 996. The second kappa shape index (κ2) is 51.4. The summed E-state index contributed by atoms with van der Waals surface area (Å²) in [6, 6.07) is -0.539. The van der Waals surface area contributed by atoms with Crippen molar-refractivity contribution in [3.63, 3.8) is 0 Å². The van der Waals surface area contributed by atoms with Crippen LogP contribution in [0, 0.1) is 0 Å². The summed E-state index contributed by atoms with van der Waals surface area (Å²) in [5, 5.41) is 23.3. The van der Waals surface area contributed by atoms with E-state index in [1.807, 2.05) is 0 Å². The molecule has 0 radical (unpaired) electrons. The number of aliphatic hydroxyl groups is 2. The predicted octanol–water partition coefficient (Wildman–Crippen LogP) is 17.2. The second-order valence-corrected chi connectivity index (χ2v) is 17.9. The minimum Gasteiger partial charge on any atom is -0.394 e. The smallest absolute Gasteiger partial charge is 0.220 e. The van der Waals surface area contributed by atoms with Crippen molar-refractivity contribution in [1.29, 1.82) is 0 Å². The van der Waals surface area contributed by atoms with Crippen molar-refractivity contribution in [2.24, 2.45) is 0 Å². The fraction of sp³-hybridized carbons (Fsp3) is 0.804. The molecule has 0 aromatic rings. The summed E-state index contributed by atoms with van der Waals surface area (Å²) < 4.78 is 0. The number of nitrogens with one attached hydrogen (secondary N) is 1. The molecule has 0 aliphatic heterocycles. The molecule has 1 amide bonds. The highest BCUT2D eigenvalue weighted by Gasteiger charge is 2.20. The summed E-state index contributed by atoms with van der Waals surface area (Å²) in [4.78, 5) is 12.5. The Labute approximate surface area is 375 Å². The van der Waals surface area contributed by atoms with E-state index in [-0.39, 0.29) is 12.5 Å². The standard InChI is InChI=1S/C56H103NO3/c1-3-5-7-9-11-13-15-17-19-21-23-24-25-26-27-28-29-30-31-32-34-36-38-40-42-44-46-48-50-52-56(60)57-54(53-58)55(59)51-49-47-45-43-41-39-37-35-33-22-20-18-16-14-12-10-8-6-4-2/h5,7,11,13,17,19,23-24,26-27,54-55,58-59H,3-4,6,8-10,12,14-16,18,20-22,25,28-53H2,1-2H3,(H,57,60)/b7-5-,13-11-,19-17-,24-23-,27-26-. The normalized spacial score (nSPS) is 13.3. The highest BCUT2D eigenvalue weighted by atomic mass is 16.3. The van der Waals surface area contributed by atoms with Crippen LogP contribution in [0.3, 0.4) is 0 Å². The van der Waals surface area contributed by atoms with Crippen LogP contribution in [0.5, 0.6) is 0 Å². The molecular weight excluding hydrogens is 735 g/mol. The minimum absolute atomic E-state index is 0.0320. The molecule has 0 spiro atoms. The molecule has 0 aromatic carbocycles. The van der Waals surface area contributed by atoms with E-state index in [9.17, 15) is 15.0 Å². The topological polar surface area (TPSA) is 69.6 Å². The number of unbranched alkanes of at least 4 members (excludes halogenated alkanes) is 31. The first-order chi connectivity index (χ1) is 29.7. The number of hydrogen-bond donors (Lipinski definition) is 3. The number of aliphatic hydroxyl groups excluding tert-OH is 2. The van der Waals surface area contributed by atoms with Crippen molar-refractivity contribution >= 4 is 5.91 Å². The molecule has 0 rings (SSSR count). The lowest BCUT2D eigenvalue weighted by Gasteiger charge is -2.22. The Kier molecular flexibility index (Phi) is 49.8. The van der Waals surface area contributed by atoms with Crippen molar-refractivity contribution in [2.75, 3.05) is 6.61 Å². The molecule has 0 aliphatic carbocycles. The lowest BCUT2D eigenvalue weighted by Crippen LogP contribution is -2.45. The fourth-order valence-corrected chi connectivity index (χ4v) is 8.04. The van der Waals surface area contributed by atoms with Gasteiger partial charge in [0.25, 0.3) is 0 Å². The zero-order chi connectivity index (χ0) is 43.5. The molecular formula is C56H103NO3. The summed E-state index contributed by atoms with van der Waals surface area (Å²) >= 11 is 0. The van der Waals surface area contributed by atoms with Crippen LogP contribution in [-0.2, 0) is 4.79 Å². The molecule has 0 heterocycles. The van der Waals surface area contributed by atoms with Crippen LogP contribution in [0.2, 0.25) is 0 Å². The predicted molar refractivity (Wildman–Crippen MR) is 267 cm³/mol. The summed E-state index contributed by atoms with van der Waals surface area (Å²) in [5.41, 5.74) is 0. The molecule has 0 fully saturated rings. The molecule has 2 atom stereocenters. The van der Waals surface area contributed by atoms with Gasteiger partial charge in [0.05, 0.1) is 18.8 Å². The van der Waals surface area contributed by atoms with E-state index < -0.39 is 12.1 Å². The zero-order valence-electron chi connectivity index (χ0n) is 40.2. The van der Waals surface area contributed by atoms with Crippen molar-refractivity contribution in [3.8, 4) is 0 Å². The lowest BCUT2D eigenvalue weighted by molar-refractivity contribution is -0.123. The first-order valence-electron chi connectivity index (χ1n) is 26.5. The van der Waals surface area contributed by atoms with Gasteiger partial charge in [0.15, 0.2) is 0 Å². The molecule has 0 saturated heterocycles. The molecule has 2 unspecified atom stereocenters. The van der Waals surface area contributed by atoms with Gasteiger partial charge in [0.1, 0.15) is 0 Å². The van der Waals surface area contributed by atoms with Crippen LogP contribution in [0.4, 0.5) is 0 Å². The van der Waals surface area contributed by atoms with Crippen molar-refractivity contribution < 1.29 is 15.0 Å². The maximum absolute atomic E-state index is 12.5. The molecule has 0 aliphatic rings. The van der Waals surface area contributed by atoms with E-state index in [1.54, 1.807) is 0 Å². The van der Waals surface area contributed by atoms with E-state index in [0.29, 0.717) is 12.8 Å². The summed E-state index contributed by atoms with van der Waals surface area (Å²) in [6.45, 7) is 4.26. The van der Waals surface area contributed by atoms with Gasteiger partial charge in [-0.25, -0.2) is 0 Å². The van der Waals surface area contributed by atoms with Gasteiger partial charge in [-0.3, -0.25) is 4.79 Å². The van der Waals surface area contributed by atoms with Crippen LogP contribution >= 0.6 is 0 Å². The average molecular weight is 838 g/mol. The number of rotatable bonds is 48. The van der Waals surface area contributed by atoms with Gasteiger partial charge in [-0.15, -0.1) is 0 Å². The van der Waals surface area contributed by atoms with E-state index in [0.717, 1.165) is 57.8 Å². The number of amides is 1. The van der Waals surface area contributed by atoms with E-state index in [2.05, 4.69) is 79.9 Å². The fourth-order valence-electron chi connectivity index (χ4n) is 8.04. The molecule has 3 N–H and O–H groups in total. The Morgan fingerprint density at radius 2 is 0.733 bits per heavy atom. The molecule has 60 heavy (non-hydrogen) atoms. The highest BCUT2D eigenvalue weighted by molar-refractivity contribution is 5.76. The van der Waals surface area contributed by atoms with Gasteiger partial charge in [-0.2, -0.15) is 0 Å². The van der Waals surface area contributed by atoms with Crippen molar-refractivity contribution in [1.82, 2.24) is 5.32 Å². The van der Waals surface area contributed by atoms with Crippen LogP contribution in [0.15, 0.2) is 60.8 Å². The third kappa shape index (κ3) is 47.1. The SMILES string of the molecule is CC/C=C\C/C=C\C/C=C\C/C=C\C/C=C\CCCCCCCCCCCCCCCC(=O)NC(CO)C(O)CCCCCCCCCCCCCCCCCCCCC. The molecule has 350 valence electrons. The lowest BCUT2D eigenvalue weighted by atomic mass is 10.0. The molecule has 0 aromatic heterocycles. The van der Waals surface area contributed by atoms with Gasteiger partial charge in [-0.05, 0) is 57.8 Å². The number of carbonyl (C=O) groups excluding carboxylic acids is 1. The maximum Gasteiger partial charge on any atom is 0.220 e. The highest BCUT2D eigenvalue weighted by Crippen LogP contribution is 2.17. The van der Waals surface area contributed by atoms with E-state index in [1.165, 1.54) is 186 Å². The van der Waals surface area contributed by atoms with Crippen molar-refractivity contribution in [2.45, 2.75) is 283 Å². The zero-order valence-corrected chi connectivity index (χ0v) is 40.2. The van der Waals surface area contributed by atoms with Gasteiger partial charge in [-0.1, -0.05) is 267 Å². The monoisotopic (exact) mass is 838 g/mol. The molecule has 0 saturated carbocycles. The van der Waals surface area contributed by atoms with Crippen molar-refractivity contribution in [3.05, 3.63) is 60.8 Å². The third-order valence-corrected chi connectivity index (χ3v) is 12.0. The van der Waals surface area contributed by atoms with E-state index in [4.69, 9.17) is 0 Å². The van der Waals surface area contributed by atoms with Crippen LogP contribution < -0.4 is 5.32 Å². The number of carbonyl (C=O) groups is 1.